The van der Waals surface area contributed by atoms with Crippen LogP contribution in [0.2, 0.25) is 5.15 Å². The standard InChI is InChI=1S/C23H21ClN6O4/c24-19-9-14-8-15(27-17(14)10-26-19)22(33)28-16-7-13-3-1-2-4-18(13)30(23(16)34)12-21(32)29-6-5-25-20(31)11-29/h1-4,8-10,16,27H,5-7,11-12H2,(H,25,31)(H,28,33). The van der Waals surface area contributed by atoms with Crippen molar-refractivity contribution in [2.75, 3.05) is 31.1 Å². The highest BCUT2D eigenvalue weighted by Gasteiger charge is 2.36. The fourth-order valence-electron chi connectivity index (χ4n) is 4.29. The summed E-state index contributed by atoms with van der Waals surface area (Å²) in [5, 5.41) is 6.50. The van der Waals surface area contributed by atoms with E-state index in [9.17, 15) is 19.2 Å². The number of pyridine rings is 1. The van der Waals surface area contributed by atoms with Gasteiger partial charge in [0.15, 0.2) is 0 Å². The van der Waals surface area contributed by atoms with Gasteiger partial charge in [0, 0.05) is 30.6 Å². The molecule has 1 atom stereocenters. The first kappa shape index (κ1) is 21.9. The predicted octanol–water partition coefficient (Wildman–Crippen LogP) is 0.862. The number of para-hydroxylation sites is 1. The van der Waals surface area contributed by atoms with Gasteiger partial charge in [0.1, 0.15) is 23.4 Å². The fourth-order valence-corrected chi connectivity index (χ4v) is 4.45. The number of anilines is 1. The van der Waals surface area contributed by atoms with Crippen LogP contribution in [0.25, 0.3) is 10.9 Å². The minimum absolute atomic E-state index is 0.0397. The van der Waals surface area contributed by atoms with Crippen LogP contribution in [0.4, 0.5) is 5.69 Å². The monoisotopic (exact) mass is 480 g/mol. The van der Waals surface area contributed by atoms with Crippen molar-refractivity contribution in [3.8, 4) is 0 Å². The van der Waals surface area contributed by atoms with Crippen LogP contribution in [0, 0.1) is 0 Å². The van der Waals surface area contributed by atoms with Gasteiger partial charge in [0.2, 0.25) is 17.7 Å². The molecule has 11 heteroatoms. The third-order valence-electron chi connectivity index (χ3n) is 5.98. The third kappa shape index (κ3) is 4.19. The van der Waals surface area contributed by atoms with Crippen LogP contribution in [0.5, 0.6) is 0 Å². The molecule has 174 valence electrons. The van der Waals surface area contributed by atoms with Crippen molar-refractivity contribution in [1.29, 1.82) is 0 Å². The average Bonchev–Trinajstić information content (AvgIpc) is 3.25. The molecule has 0 radical (unpaired) electrons. The maximum absolute atomic E-state index is 13.4. The van der Waals surface area contributed by atoms with E-state index in [1.807, 2.05) is 12.1 Å². The molecule has 2 aliphatic heterocycles. The van der Waals surface area contributed by atoms with Gasteiger partial charge in [0.05, 0.1) is 18.3 Å². The van der Waals surface area contributed by atoms with E-state index in [0.29, 0.717) is 35.9 Å². The van der Waals surface area contributed by atoms with Gasteiger partial charge in [-0.3, -0.25) is 19.2 Å². The van der Waals surface area contributed by atoms with Crippen LogP contribution in [0.1, 0.15) is 16.1 Å². The molecule has 0 saturated carbocycles. The number of nitrogens with one attached hydrogen (secondary N) is 3. The van der Waals surface area contributed by atoms with Gasteiger partial charge in [-0.25, -0.2) is 4.98 Å². The van der Waals surface area contributed by atoms with Crippen LogP contribution < -0.4 is 15.5 Å². The molecule has 5 rings (SSSR count). The number of fused-ring (bicyclic) bond motifs is 2. The smallest absolute Gasteiger partial charge is 0.268 e. The van der Waals surface area contributed by atoms with Crippen molar-refractivity contribution in [2.45, 2.75) is 12.5 Å². The molecule has 1 fully saturated rings. The Balaban J connectivity index is 1.37. The SMILES string of the molecule is O=C1CN(C(=O)CN2C(=O)C(NC(=O)c3cc4cc(Cl)ncc4[nH]3)Cc3ccccc32)CCN1. The number of piperazine rings is 1. The topological polar surface area (TPSA) is 128 Å². The molecule has 3 aromatic rings. The Morgan fingerprint density at radius 2 is 2.03 bits per heavy atom. The molecule has 4 amide bonds. The molecule has 3 N–H and O–H groups in total. The number of hydrogen-bond donors (Lipinski definition) is 3. The number of carbonyl (C=O) groups excluding carboxylic acids is 4. The number of amides is 4. The molecular weight excluding hydrogens is 460 g/mol. The molecule has 0 aliphatic carbocycles. The maximum Gasteiger partial charge on any atom is 0.268 e. The Bertz CT molecular complexity index is 1320. The lowest BCUT2D eigenvalue weighted by Gasteiger charge is -2.35. The fraction of sp³-hybridized carbons (Fsp3) is 0.261. The van der Waals surface area contributed by atoms with Crippen molar-refractivity contribution in [1.82, 2.24) is 25.5 Å². The van der Waals surface area contributed by atoms with Gasteiger partial charge in [-0.1, -0.05) is 29.8 Å². The van der Waals surface area contributed by atoms with Crippen molar-refractivity contribution in [3.05, 3.63) is 59.0 Å². The second kappa shape index (κ2) is 8.79. The number of hydrogen-bond acceptors (Lipinski definition) is 5. The summed E-state index contributed by atoms with van der Waals surface area (Å²) in [6.07, 6.45) is 1.83. The van der Waals surface area contributed by atoms with Crippen LogP contribution in [0.15, 0.2) is 42.6 Å². The number of H-pyrrole nitrogens is 1. The van der Waals surface area contributed by atoms with Crippen molar-refractivity contribution in [2.24, 2.45) is 0 Å². The zero-order valence-corrected chi connectivity index (χ0v) is 18.8. The zero-order chi connectivity index (χ0) is 23.8. The molecule has 2 aromatic heterocycles. The molecule has 4 heterocycles. The number of rotatable bonds is 4. The quantitative estimate of drug-likeness (QED) is 0.477. The Kier molecular flexibility index (Phi) is 5.66. The summed E-state index contributed by atoms with van der Waals surface area (Å²) >= 11 is 5.92. The largest absolute Gasteiger partial charge is 0.353 e. The Morgan fingerprint density at radius 1 is 1.21 bits per heavy atom. The number of aromatic amines is 1. The normalized spacial score (nSPS) is 18.0. The highest BCUT2D eigenvalue weighted by molar-refractivity contribution is 6.30. The molecule has 2 aliphatic rings. The molecule has 1 saturated heterocycles. The van der Waals surface area contributed by atoms with Crippen LogP contribution >= 0.6 is 11.6 Å². The van der Waals surface area contributed by atoms with E-state index in [-0.39, 0.29) is 36.5 Å². The van der Waals surface area contributed by atoms with Gasteiger partial charge in [-0.05, 0) is 23.8 Å². The van der Waals surface area contributed by atoms with Gasteiger partial charge in [-0.2, -0.15) is 0 Å². The van der Waals surface area contributed by atoms with E-state index < -0.39 is 11.9 Å². The van der Waals surface area contributed by atoms with E-state index in [2.05, 4.69) is 20.6 Å². The molecule has 0 bridgehead atoms. The Morgan fingerprint density at radius 3 is 2.85 bits per heavy atom. The minimum atomic E-state index is -0.854. The van der Waals surface area contributed by atoms with Crippen molar-refractivity contribution < 1.29 is 19.2 Å². The highest BCUT2D eigenvalue weighted by atomic mass is 35.5. The minimum Gasteiger partial charge on any atom is -0.353 e. The number of halogens is 1. The third-order valence-corrected chi connectivity index (χ3v) is 6.18. The summed E-state index contributed by atoms with van der Waals surface area (Å²) < 4.78 is 0. The van der Waals surface area contributed by atoms with Gasteiger partial charge in [-0.15, -0.1) is 0 Å². The van der Waals surface area contributed by atoms with Crippen LogP contribution in [-0.2, 0) is 20.8 Å². The lowest BCUT2D eigenvalue weighted by atomic mass is 9.96. The Labute approximate surface area is 199 Å². The summed E-state index contributed by atoms with van der Waals surface area (Å²) in [7, 11) is 0. The van der Waals surface area contributed by atoms with E-state index in [0.717, 1.165) is 10.9 Å². The maximum atomic E-state index is 13.4. The number of nitrogens with zero attached hydrogens (tertiary/aromatic N) is 3. The average molecular weight is 481 g/mol. The number of benzene rings is 1. The van der Waals surface area contributed by atoms with Crippen molar-refractivity contribution in [3.63, 3.8) is 0 Å². The number of aromatic nitrogens is 2. The van der Waals surface area contributed by atoms with E-state index in [1.54, 1.807) is 24.3 Å². The van der Waals surface area contributed by atoms with E-state index in [1.165, 1.54) is 16.0 Å². The zero-order valence-electron chi connectivity index (χ0n) is 18.0. The summed E-state index contributed by atoms with van der Waals surface area (Å²) in [6.45, 7) is 0.501. The first-order valence-electron chi connectivity index (χ1n) is 10.8. The molecular formula is C23H21ClN6O4. The van der Waals surface area contributed by atoms with Crippen molar-refractivity contribution >= 4 is 51.8 Å². The lowest BCUT2D eigenvalue weighted by molar-refractivity contribution is -0.137. The molecule has 10 nitrogen and oxygen atoms in total. The first-order chi connectivity index (χ1) is 16.4. The van der Waals surface area contributed by atoms with Crippen LogP contribution in [-0.4, -0.2) is 70.7 Å². The predicted molar refractivity (Wildman–Crippen MR) is 124 cm³/mol. The first-order valence-corrected chi connectivity index (χ1v) is 11.2. The molecule has 0 spiro atoms. The highest BCUT2D eigenvalue weighted by Crippen LogP contribution is 2.28. The van der Waals surface area contributed by atoms with E-state index >= 15 is 0 Å². The van der Waals surface area contributed by atoms with E-state index in [4.69, 9.17) is 11.6 Å². The lowest BCUT2D eigenvalue weighted by Crippen LogP contribution is -2.57. The molecule has 1 aromatic carbocycles. The molecule has 34 heavy (non-hydrogen) atoms. The Hall–Kier alpha value is -3.92. The van der Waals surface area contributed by atoms with Gasteiger partial charge >= 0.3 is 0 Å². The second-order valence-electron chi connectivity index (χ2n) is 8.23. The summed E-state index contributed by atoms with van der Waals surface area (Å²) in [5.41, 5.74) is 2.38. The summed E-state index contributed by atoms with van der Waals surface area (Å²) in [6, 6.07) is 9.70. The summed E-state index contributed by atoms with van der Waals surface area (Å²) in [5.74, 6) is -1.40. The summed E-state index contributed by atoms with van der Waals surface area (Å²) in [4.78, 5) is 60.7. The van der Waals surface area contributed by atoms with Crippen LogP contribution in [0.3, 0.4) is 0 Å². The molecule has 1 unspecified atom stereocenters. The van der Waals surface area contributed by atoms with Gasteiger partial charge in [0.25, 0.3) is 5.91 Å². The van der Waals surface area contributed by atoms with Gasteiger partial charge < -0.3 is 25.4 Å². The number of carbonyl (C=O) groups is 4. The second-order valence-corrected chi connectivity index (χ2v) is 8.61.